The second-order valence-electron chi connectivity index (χ2n) is 6.25. The van der Waals surface area contributed by atoms with Crippen molar-refractivity contribution in [3.8, 4) is 5.75 Å². The average Bonchev–Trinajstić information content (AvgIpc) is 3.01. The molecule has 3 aromatic rings. The van der Waals surface area contributed by atoms with Crippen molar-refractivity contribution in [2.45, 2.75) is 32.3 Å². The quantitative estimate of drug-likeness (QED) is 0.645. The van der Waals surface area contributed by atoms with E-state index in [1.54, 1.807) is 29.5 Å². The number of aromatic nitrogens is 2. The Hall–Kier alpha value is -2.25. The Bertz CT molecular complexity index is 1070. The number of ether oxygens (including phenoxy) is 1. The summed E-state index contributed by atoms with van der Waals surface area (Å²) in [6, 6.07) is 6.05. The Morgan fingerprint density at radius 2 is 2.00 bits per heavy atom. The molecule has 0 bridgehead atoms. The van der Waals surface area contributed by atoms with Crippen molar-refractivity contribution in [2.24, 2.45) is 0 Å². The molecule has 2 aromatic heterocycles. The van der Waals surface area contributed by atoms with Gasteiger partial charge in [-0.1, -0.05) is 23.7 Å². The lowest BCUT2D eigenvalue weighted by atomic mass is 9.97. The van der Waals surface area contributed by atoms with Gasteiger partial charge in [-0.2, -0.15) is 8.78 Å². The molecule has 0 saturated carbocycles. The highest BCUT2D eigenvalue weighted by molar-refractivity contribution is 7.18. The fourth-order valence-corrected chi connectivity index (χ4v) is 4.71. The first-order valence-corrected chi connectivity index (χ1v) is 9.68. The number of fused-ring (bicyclic) bond motifs is 3. The van der Waals surface area contributed by atoms with E-state index in [1.807, 2.05) is 0 Å². The van der Waals surface area contributed by atoms with Crippen molar-refractivity contribution in [3.05, 3.63) is 56.4 Å². The molecule has 0 unspecified atom stereocenters. The molecule has 0 spiro atoms. The highest BCUT2D eigenvalue weighted by Gasteiger charge is 2.20. The molecule has 2 heterocycles. The standard InChI is InChI=1S/C19H15ClF2N2O2S/c20-13(9-10-5-7-11(8-6-10)26-19(21)22)16-23-17(25)15-12-3-1-2-4-14(12)27-18(15)24-16/h5-9,19H,1-4H2,(H,23,24,25)/b13-9-. The van der Waals surface area contributed by atoms with Gasteiger partial charge in [0, 0.05) is 4.88 Å². The topological polar surface area (TPSA) is 55.0 Å². The zero-order valence-electron chi connectivity index (χ0n) is 14.1. The van der Waals surface area contributed by atoms with Gasteiger partial charge in [-0.15, -0.1) is 11.3 Å². The first-order valence-electron chi connectivity index (χ1n) is 8.48. The molecule has 0 aliphatic heterocycles. The maximum Gasteiger partial charge on any atom is 0.387 e. The Labute approximate surface area is 162 Å². The molecule has 1 aromatic carbocycles. The van der Waals surface area contributed by atoms with E-state index in [-0.39, 0.29) is 16.3 Å². The van der Waals surface area contributed by atoms with Crippen LogP contribution in [0.15, 0.2) is 29.1 Å². The average molecular weight is 409 g/mol. The van der Waals surface area contributed by atoms with Crippen LogP contribution in [0.5, 0.6) is 5.75 Å². The molecule has 8 heteroatoms. The van der Waals surface area contributed by atoms with Crippen LogP contribution in [0.4, 0.5) is 8.78 Å². The number of nitrogens with one attached hydrogen (secondary N) is 1. The molecular formula is C19H15ClF2N2O2S. The largest absolute Gasteiger partial charge is 0.435 e. The Morgan fingerprint density at radius 1 is 1.26 bits per heavy atom. The van der Waals surface area contributed by atoms with Crippen LogP contribution in [0.2, 0.25) is 0 Å². The minimum absolute atomic E-state index is 0.0652. The van der Waals surface area contributed by atoms with E-state index in [1.165, 1.54) is 17.0 Å². The van der Waals surface area contributed by atoms with Crippen LogP contribution in [0.25, 0.3) is 21.3 Å². The molecular weight excluding hydrogens is 394 g/mol. The summed E-state index contributed by atoms with van der Waals surface area (Å²) in [5.41, 5.74) is 1.62. The van der Waals surface area contributed by atoms with Crippen LogP contribution in [-0.4, -0.2) is 16.6 Å². The summed E-state index contributed by atoms with van der Waals surface area (Å²) in [7, 11) is 0. The summed E-state index contributed by atoms with van der Waals surface area (Å²) in [5.74, 6) is 0.357. The van der Waals surface area contributed by atoms with Gasteiger partial charge in [-0.25, -0.2) is 4.98 Å². The molecule has 0 atom stereocenters. The van der Waals surface area contributed by atoms with Crippen molar-refractivity contribution in [3.63, 3.8) is 0 Å². The van der Waals surface area contributed by atoms with Gasteiger partial charge < -0.3 is 9.72 Å². The first kappa shape index (κ1) is 18.1. The van der Waals surface area contributed by atoms with E-state index < -0.39 is 6.61 Å². The second-order valence-corrected chi connectivity index (χ2v) is 7.74. The molecule has 1 N–H and O–H groups in total. The number of H-pyrrole nitrogens is 1. The van der Waals surface area contributed by atoms with Gasteiger partial charge in [0.15, 0.2) is 5.82 Å². The van der Waals surface area contributed by atoms with E-state index in [0.29, 0.717) is 21.6 Å². The van der Waals surface area contributed by atoms with E-state index in [4.69, 9.17) is 11.6 Å². The highest BCUT2D eigenvalue weighted by atomic mass is 35.5. The number of benzene rings is 1. The number of hydrogen-bond acceptors (Lipinski definition) is 4. The monoisotopic (exact) mass is 408 g/mol. The van der Waals surface area contributed by atoms with Gasteiger partial charge in [0.1, 0.15) is 10.6 Å². The van der Waals surface area contributed by atoms with Crippen LogP contribution in [-0.2, 0) is 12.8 Å². The Kier molecular flexibility index (Phi) is 4.97. The summed E-state index contributed by atoms with van der Waals surface area (Å²) in [4.78, 5) is 21.8. The van der Waals surface area contributed by atoms with Gasteiger partial charge in [-0.05, 0) is 55.0 Å². The molecule has 140 valence electrons. The third kappa shape index (κ3) is 3.75. The van der Waals surface area contributed by atoms with E-state index in [9.17, 15) is 13.6 Å². The zero-order chi connectivity index (χ0) is 19.0. The number of rotatable bonds is 4. The van der Waals surface area contributed by atoms with Gasteiger partial charge >= 0.3 is 6.61 Å². The van der Waals surface area contributed by atoms with Gasteiger partial charge in [-0.3, -0.25) is 4.79 Å². The summed E-state index contributed by atoms with van der Waals surface area (Å²) in [5, 5.41) is 0.944. The lowest BCUT2D eigenvalue weighted by molar-refractivity contribution is -0.0498. The zero-order valence-corrected chi connectivity index (χ0v) is 15.7. The highest BCUT2D eigenvalue weighted by Crippen LogP contribution is 2.34. The molecule has 0 fully saturated rings. The molecule has 1 aliphatic carbocycles. The molecule has 27 heavy (non-hydrogen) atoms. The maximum absolute atomic E-state index is 12.6. The molecule has 0 saturated heterocycles. The fraction of sp³-hybridized carbons (Fsp3) is 0.263. The lowest BCUT2D eigenvalue weighted by Crippen LogP contribution is -2.12. The first-order chi connectivity index (χ1) is 13.0. The number of halogens is 3. The van der Waals surface area contributed by atoms with Crippen molar-refractivity contribution in [2.75, 3.05) is 0 Å². The number of aromatic amines is 1. The van der Waals surface area contributed by atoms with E-state index in [0.717, 1.165) is 31.2 Å². The summed E-state index contributed by atoms with van der Waals surface area (Å²) < 4.78 is 28.7. The number of alkyl halides is 2. The van der Waals surface area contributed by atoms with Crippen molar-refractivity contribution in [1.29, 1.82) is 0 Å². The molecule has 0 amide bonds. The van der Waals surface area contributed by atoms with Gasteiger partial charge in [0.25, 0.3) is 5.56 Å². The molecule has 4 nitrogen and oxygen atoms in total. The van der Waals surface area contributed by atoms with Crippen molar-refractivity contribution >= 4 is 44.3 Å². The van der Waals surface area contributed by atoms with Crippen LogP contribution in [0, 0.1) is 0 Å². The second kappa shape index (κ2) is 7.40. The van der Waals surface area contributed by atoms with Gasteiger partial charge in [0.2, 0.25) is 0 Å². The predicted octanol–water partition coefficient (Wildman–Crippen LogP) is 5.20. The maximum atomic E-state index is 12.6. The van der Waals surface area contributed by atoms with Crippen LogP contribution >= 0.6 is 22.9 Å². The normalized spacial score (nSPS) is 14.6. The van der Waals surface area contributed by atoms with Crippen LogP contribution in [0.1, 0.15) is 34.7 Å². The van der Waals surface area contributed by atoms with Crippen molar-refractivity contribution in [1.82, 2.24) is 9.97 Å². The smallest absolute Gasteiger partial charge is 0.387 e. The third-order valence-electron chi connectivity index (χ3n) is 4.45. The minimum atomic E-state index is -2.87. The molecule has 4 rings (SSSR count). The van der Waals surface area contributed by atoms with Crippen LogP contribution in [0.3, 0.4) is 0 Å². The summed E-state index contributed by atoms with van der Waals surface area (Å²) in [6.07, 6.45) is 5.74. The summed E-state index contributed by atoms with van der Waals surface area (Å²) in [6.45, 7) is -2.87. The van der Waals surface area contributed by atoms with Crippen LogP contribution < -0.4 is 10.3 Å². The molecule has 0 radical (unpaired) electrons. The molecule has 1 aliphatic rings. The fourth-order valence-electron chi connectivity index (χ4n) is 3.24. The number of hydrogen-bond donors (Lipinski definition) is 1. The SMILES string of the molecule is O=c1[nH]c(/C(Cl)=C/c2ccc(OC(F)F)cc2)nc2sc3c(c12)CCCC3. The summed E-state index contributed by atoms with van der Waals surface area (Å²) >= 11 is 7.90. The van der Waals surface area contributed by atoms with Crippen molar-refractivity contribution < 1.29 is 13.5 Å². The number of thiophene rings is 1. The minimum Gasteiger partial charge on any atom is -0.435 e. The number of nitrogens with zero attached hydrogens (tertiary/aromatic N) is 1. The number of aryl methyl sites for hydroxylation is 2. The van der Waals surface area contributed by atoms with E-state index in [2.05, 4.69) is 14.7 Å². The Morgan fingerprint density at radius 3 is 2.74 bits per heavy atom. The van der Waals surface area contributed by atoms with E-state index >= 15 is 0 Å². The predicted molar refractivity (Wildman–Crippen MR) is 104 cm³/mol. The lowest BCUT2D eigenvalue weighted by Gasteiger charge is -2.09. The van der Waals surface area contributed by atoms with Gasteiger partial charge in [0.05, 0.1) is 10.4 Å². The Balaban J connectivity index is 1.67. The third-order valence-corrected chi connectivity index (χ3v) is 5.92.